The van der Waals surface area contributed by atoms with Crippen LogP contribution in [0.2, 0.25) is 0 Å². The van der Waals surface area contributed by atoms with Gasteiger partial charge in [-0.15, -0.1) is 0 Å². The molecule has 5 saturated carbocycles. The number of hydrogen-bond donors (Lipinski definition) is 3. The minimum absolute atomic E-state index is 0.638. The fraction of sp³-hybridized carbons (Fsp3) is 1.00. The average Bonchev–Trinajstić information content (AvgIpc) is 2.55. The van der Waals surface area contributed by atoms with Crippen LogP contribution in [0.3, 0.4) is 0 Å². The lowest BCUT2D eigenvalue weighted by atomic mass is 9.25. The summed E-state index contributed by atoms with van der Waals surface area (Å²) < 4.78 is 0. The Balaban J connectivity index is 1.57. The smallest absolute Gasteiger partial charge is 0.00251 e. The van der Waals surface area contributed by atoms with Gasteiger partial charge in [-0.2, -0.15) is 37.9 Å². The molecule has 0 radical (unpaired) electrons. The highest BCUT2D eigenvalue weighted by Gasteiger charge is 2.75. The predicted molar refractivity (Wildman–Crippen MR) is 117 cm³/mol. The molecule has 142 valence electrons. The standard InChI is InChI=1S/C22H36S3/c23-16-5-3-4-14-10-17(24)12-21-8-1-2-9-22(21)13-18(25)11-15(6-7-16)20(22)19(14)21/h14-20,23-25H,1-13H2. The van der Waals surface area contributed by atoms with E-state index in [0.29, 0.717) is 26.6 Å². The van der Waals surface area contributed by atoms with Crippen molar-refractivity contribution in [2.24, 2.45) is 34.5 Å². The second-order valence-electron chi connectivity index (χ2n) is 10.4. The quantitative estimate of drug-likeness (QED) is 0.385. The fourth-order valence-electron chi connectivity index (χ4n) is 9.10. The van der Waals surface area contributed by atoms with Crippen LogP contribution in [0.15, 0.2) is 0 Å². The highest BCUT2D eigenvalue weighted by atomic mass is 32.1. The summed E-state index contributed by atoms with van der Waals surface area (Å²) in [7, 11) is 0. The van der Waals surface area contributed by atoms with Gasteiger partial charge in [0.2, 0.25) is 0 Å². The normalized spacial score (nSPS) is 58.4. The molecule has 5 aliphatic carbocycles. The molecule has 5 aliphatic rings. The van der Waals surface area contributed by atoms with Crippen molar-refractivity contribution >= 4 is 37.9 Å². The molecule has 3 heteroatoms. The Morgan fingerprint density at radius 1 is 0.560 bits per heavy atom. The van der Waals surface area contributed by atoms with Crippen molar-refractivity contribution in [3.8, 4) is 0 Å². The van der Waals surface area contributed by atoms with Crippen LogP contribution in [0.4, 0.5) is 0 Å². The molecular formula is C22H36S3. The maximum absolute atomic E-state index is 5.11. The molecule has 0 nitrogen and oxygen atoms in total. The van der Waals surface area contributed by atoms with E-state index in [-0.39, 0.29) is 0 Å². The van der Waals surface area contributed by atoms with Crippen molar-refractivity contribution in [3.63, 3.8) is 0 Å². The van der Waals surface area contributed by atoms with E-state index in [9.17, 15) is 0 Å². The Kier molecular flexibility index (Phi) is 4.74. The Morgan fingerprint density at radius 3 is 1.72 bits per heavy atom. The lowest BCUT2D eigenvalue weighted by Crippen LogP contribution is -2.74. The average molecular weight is 397 g/mol. The molecule has 5 rings (SSSR count). The van der Waals surface area contributed by atoms with Crippen molar-refractivity contribution in [2.75, 3.05) is 0 Å². The third-order valence-electron chi connectivity index (χ3n) is 9.50. The Morgan fingerprint density at radius 2 is 1.12 bits per heavy atom. The van der Waals surface area contributed by atoms with Gasteiger partial charge in [0.25, 0.3) is 0 Å². The van der Waals surface area contributed by atoms with Crippen LogP contribution in [0, 0.1) is 34.5 Å². The summed E-state index contributed by atoms with van der Waals surface area (Å²) in [6.07, 6.45) is 18.6. The first-order valence-electron chi connectivity index (χ1n) is 11.1. The van der Waals surface area contributed by atoms with E-state index in [2.05, 4.69) is 0 Å². The largest absolute Gasteiger partial charge is 0.176 e. The van der Waals surface area contributed by atoms with Crippen LogP contribution in [0.5, 0.6) is 0 Å². The van der Waals surface area contributed by atoms with Gasteiger partial charge in [0.1, 0.15) is 0 Å². The van der Waals surface area contributed by atoms with Crippen LogP contribution in [0.1, 0.15) is 83.5 Å². The monoisotopic (exact) mass is 396 g/mol. The lowest BCUT2D eigenvalue weighted by molar-refractivity contribution is -0.302. The van der Waals surface area contributed by atoms with Crippen molar-refractivity contribution in [1.29, 1.82) is 0 Å². The van der Waals surface area contributed by atoms with E-state index in [1.807, 2.05) is 0 Å². The Labute approximate surface area is 171 Å². The summed E-state index contributed by atoms with van der Waals surface area (Å²) in [5.41, 5.74) is 1.31. The van der Waals surface area contributed by atoms with Crippen LogP contribution >= 0.6 is 37.9 Å². The number of hydrogen-bond acceptors (Lipinski definition) is 3. The van der Waals surface area contributed by atoms with Crippen LogP contribution < -0.4 is 0 Å². The molecule has 2 spiro atoms. The van der Waals surface area contributed by atoms with Crippen LogP contribution in [0.25, 0.3) is 0 Å². The number of thiol groups is 3. The molecule has 0 aromatic carbocycles. The molecule has 0 saturated heterocycles. The molecule has 9 atom stereocenters. The molecule has 0 amide bonds. The van der Waals surface area contributed by atoms with Gasteiger partial charge >= 0.3 is 0 Å². The minimum Gasteiger partial charge on any atom is -0.176 e. The van der Waals surface area contributed by atoms with Gasteiger partial charge in [0.15, 0.2) is 0 Å². The molecule has 25 heavy (non-hydrogen) atoms. The van der Waals surface area contributed by atoms with Gasteiger partial charge in [0.05, 0.1) is 0 Å². The summed E-state index contributed by atoms with van der Waals surface area (Å²) in [6.45, 7) is 0. The van der Waals surface area contributed by atoms with E-state index < -0.39 is 0 Å². The minimum atomic E-state index is 0.638. The predicted octanol–water partition coefficient (Wildman–Crippen LogP) is 6.46. The summed E-state index contributed by atoms with van der Waals surface area (Å²) in [4.78, 5) is 0. The zero-order chi connectivity index (χ0) is 17.2. The highest BCUT2D eigenvalue weighted by Crippen LogP contribution is 2.81. The van der Waals surface area contributed by atoms with Gasteiger partial charge in [-0.1, -0.05) is 25.7 Å². The number of rotatable bonds is 0. The maximum Gasteiger partial charge on any atom is 0.00251 e. The van der Waals surface area contributed by atoms with Crippen molar-refractivity contribution in [3.05, 3.63) is 0 Å². The van der Waals surface area contributed by atoms with Crippen molar-refractivity contribution in [2.45, 2.75) is 99.2 Å². The topological polar surface area (TPSA) is 0 Å². The van der Waals surface area contributed by atoms with E-state index in [1.54, 1.807) is 0 Å². The first-order valence-corrected chi connectivity index (χ1v) is 12.6. The molecule has 0 heterocycles. The SMILES string of the molecule is SC1CCCC2CC(S)CC34CCCCC35CC(S)CC(CC1)C5C24. The van der Waals surface area contributed by atoms with E-state index in [4.69, 9.17) is 37.9 Å². The molecule has 0 bridgehead atoms. The zero-order valence-electron chi connectivity index (χ0n) is 15.6. The van der Waals surface area contributed by atoms with Gasteiger partial charge < -0.3 is 0 Å². The Bertz CT molecular complexity index is 521. The maximum atomic E-state index is 5.11. The fourth-order valence-corrected chi connectivity index (χ4v) is 10.6. The summed E-state index contributed by atoms with van der Waals surface area (Å²) >= 11 is 15.2. The van der Waals surface area contributed by atoms with E-state index in [0.717, 1.165) is 23.7 Å². The zero-order valence-corrected chi connectivity index (χ0v) is 18.3. The van der Waals surface area contributed by atoms with E-state index >= 15 is 0 Å². The molecular weight excluding hydrogens is 360 g/mol. The van der Waals surface area contributed by atoms with E-state index in [1.165, 1.54) is 83.5 Å². The molecule has 0 aromatic rings. The van der Waals surface area contributed by atoms with Crippen molar-refractivity contribution < 1.29 is 0 Å². The molecule has 0 N–H and O–H groups in total. The summed E-state index contributed by atoms with van der Waals surface area (Å²) in [5.74, 6) is 3.98. The first-order chi connectivity index (χ1) is 12.1. The molecule has 0 aromatic heterocycles. The first kappa shape index (κ1) is 18.1. The second kappa shape index (κ2) is 6.55. The second-order valence-corrected chi connectivity index (χ2v) is 12.6. The summed E-state index contributed by atoms with van der Waals surface area (Å²) in [6, 6.07) is 0. The third-order valence-corrected chi connectivity index (χ3v) is 10.8. The summed E-state index contributed by atoms with van der Waals surface area (Å²) in [5, 5.41) is 1.95. The Hall–Kier alpha value is 1.05. The van der Waals surface area contributed by atoms with Gasteiger partial charge in [-0.3, -0.25) is 0 Å². The van der Waals surface area contributed by atoms with Crippen LogP contribution in [-0.2, 0) is 0 Å². The highest BCUT2D eigenvalue weighted by molar-refractivity contribution is 7.81. The van der Waals surface area contributed by atoms with Crippen molar-refractivity contribution in [1.82, 2.24) is 0 Å². The van der Waals surface area contributed by atoms with Gasteiger partial charge in [0, 0.05) is 15.7 Å². The molecule has 9 unspecified atom stereocenters. The van der Waals surface area contributed by atoms with Gasteiger partial charge in [-0.25, -0.2) is 0 Å². The van der Waals surface area contributed by atoms with Gasteiger partial charge in [-0.05, 0) is 92.3 Å². The third kappa shape index (κ3) is 2.56. The lowest BCUT2D eigenvalue weighted by Gasteiger charge is -2.80. The van der Waals surface area contributed by atoms with Crippen LogP contribution in [-0.4, -0.2) is 15.7 Å². The molecule has 5 fully saturated rings. The molecule has 0 aliphatic heterocycles.